The summed E-state index contributed by atoms with van der Waals surface area (Å²) in [7, 11) is 0. The van der Waals surface area contributed by atoms with E-state index in [2.05, 4.69) is 6.92 Å². The Morgan fingerprint density at radius 1 is 0.692 bits per heavy atom. The molecule has 0 heterocycles. The lowest BCUT2D eigenvalue weighted by Gasteiger charge is -2.10. The number of esters is 2. The van der Waals surface area contributed by atoms with Crippen molar-refractivity contribution in [3.63, 3.8) is 0 Å². The molecule has 0 saturated heterocycles. The van der Waals surface area contributed by atoms with Gasteiger partial charge in [-0.3, -0.25) is 9.59 Å². The maximum atomic E-state index is 11.5. The fourth-order valence-corrected chi connectivity index (χ4v) is 2.95. The lowest BCUT2D eigenvalue weighted by Crippen LogP contribution is -2.10. The number of hydrogen-bond donors (Lipinski definition) is 0. The van der Waals surface area contributed by atoms with Gasteiger partial charge in [0, 0.05) is 12.8 Å². The van der Waals surface area contributed by atoms with Crippen LogP contribution in [0, 0.1) is 5.92 Å². The molecule has 4 nitrogen and oxygen atoms in total. The van der Waals surface area contributed by atoms with Crippen molar-refractivity contribution in [3.8, 4) is 0 Å². The summed E-state index contributed by atoms with van der Waals surface area (Å²) in [5, 5.41) is 0. The van der Waals surface area contributed by atoms with E-state index in [9.17, 15) is 9.59 Å². The number of hydrogen-bond acceptors (Lipinski definition) is 4. The van der Waals surface area contributed by atoms with E-state index in [1.807, 2.05) is 13.8 Å². The monoisotopic (exact) mass is 370 g/mol. The first kappa shape index (κ1) is 24.9. The van der Waals surface area contributed by atoms with Gasteiger partial charge in [-0.05, 0) is 25.2 Å². The van der Waals surface area contributed by atoms with E-state index >= 15 is 0 Å². The zero-order chi connectivity index (χ0) is 19.5. The zero-order valence-corrected chi connectivity index (χ0v) is 17.5. The van der Waals surface area contributed by atoms with Crippen LogP contribution >= 0.6 is 0 Å². The summed E-state index contributed by atoms with van der Waals surface area (Å²) in [6.45, 7) is 7.28. The minimum Gasteiger partial charge on any atom is -0.466 e. The molecule has 0 aliphatic carbocycles. The summed E-state index contributed by atoms with van der Waals surface area (Å²) in [6, 6.07) is 0. The van der Waals surface area contributed by atoms with Crippen LogP contribution in [0.2, 0.25) is 0 Å². The molecule has 0 N–H and O–H groups in total. The van der Waals surface area contributed by atoms with Crippen molar-refractivity contribution in [1.29, 1.82) is 0 Å². The molecule has 0 fully saturated rings. The normalized spacial score (nSPS) is 12.0. The van der Waals surface area contributed by atoms with Crippen LogP contribution < -0.4 is 0 Å². The van der Waals surface area contributed by atoms with E-state index < -0.39 is 0 Å². The van der Waals surface area contributed by atoms with Gasteiger partial charge in [-0.2, -0.15) is 0 Å². The molecule has 154 valence electrons. The Balaban J connectivity index is 3.28. The first-order chi connectivity index (χ1) is 12.6. The smallest absolute Gasteiger partial charge is 0.306 e. The van der Waals surface area contributed by atoms with Gasteiger partial charge in [-0.25, -0.2) is 0 Å². The van der Waals surface area contributed by atoms with Crippen molar-refractivity contribution in [1.82, 2.24) is 0 Å². The summed E-state index contributed by atoms with van der Waals surface area (Å²) in [5.41, 5.74) is 0. The largest absolute Gasteiger partial charge is 0.466 e. The Kier molecular flexibility index (Phi) is 18.0. The Morgan fingerprint density at radius 3 is 1.69 bits per heavy atom. The van der Waals surface area contributed by atoms with Crippen molar-refractivity contribution < 1.29 is 19.1 Å². The molecule has 0 amide bonds. The minimum absolute atomic E-state index is 0.0419. The molecule has 0 rings (SSSR count). The van der Waals surface area contributed by atoms with E-state index in [-0.39, 0.29) is 11.9 Å². The van der Waals surface area contributed by atoms with Crippen LogP contribution in [0.15, 0.2) is 0 Å². The van der Waals surface area contributed by atoms with Gasteiger partial charge in [0.2, 0.25) is 0 Å². The Morgan fingerprint density at radius 2 is 1.15 bits per heavy atom. The fourth-order valence-electron chi connectivity index (χ4n) is 2.95. The van der Waals surface area contributed by atoms with Crippen LogP contribution in [0.5, 0.6) is 0 Å². The topological polar surface area (TPSA) is 52.6 Å². The van der Waals surface area contributed by atoms with Crippen LogP contribution in [0.3, 0.4) is 0 Å². The second-order valence-electron chi connectivity index (χ2n) is 7.47. The van der Waals surface area contributed by atoms with Gasteiger partial charge in [0.1, 0.15) is 0 Å². The SMILES string of the molecule is CCCOC(=O)CCCCCCCCCCCC(C)CC(=O)OCCC. The Labute approximate surface area is 161 Å². The fraction of sp³-hybridized carbons (Fsp3) is 0.909. The second kappa shape index (κ2) is 18.7. The molecule has 0 aliphatic rings. The van der Waals surface area contributed by atoms with E-state index in [1.54, 1.807) is 0 Å². The molecular formula is C22H42O4. The van der Waals surface area contributed by atoms with E-state index in [4.69, 9.17) is 9.47 Å². The average molecular weight is 371 g/mol. The lowest BCUT2D eigenvalue weighted by molar-refractivity contribution is -0.145. The number of ether oxygens (including phenoxy) is 2. The van der Waals surface area contributed by atoms with Gasteiger partial charge in [0.25, 0.3) is 0 Å². The maximum absolute atomic E-state index is 11.5. The van der Waals surface area contributed by atoms with E-state index in [0.717, 1.165) is 32.1 Å². The number of unbranched alkanes of at least 4 members (excludes halogenated alkanes) is 8. The highest BCUT2D eigenvalue weighted by atomic mass is 16.5. The summed E-state index contributed by atoms with van der Waals surface area (Å²) in [6.07, 6.45) is 15.0. The van der Waals surface area contributed by atoms with E-state index in [0.29, 0.717) is 32.0 Å². The molecule has 0 bridgehead atoms. The van der Waals surface area contributed by atoms with Crippen LogP contribution in [-0.2, 0) is 19.1 Å². The van der Waals surface area contributed by atoms with Gasteiger partial charge in [0.05, 0.1) is 13.2 Å². The molecule has 1 unspecified atom stereocenters. The molecule has 26 heavy (non-hydrogen) atoms. The summed E-state index contributed by atoms with van der Waals surface area (Å²) >= 11 is 0. The highest BCUT2D eigenvalue weighted by molar-refractivity contribution is 5.69. The lowest BCUT2D eigenvalue weighted by atomic mass is 9.99. The predicted octanol–water partition coefficient (Wildman–Crippen LogP) is 6.21. The minimum atomic E-state index is -0.0435. The van der Waals surface area contributed by atoms with Crippen LogP contribution in [-0.4, -0.2) is 25.2 Å². The highest BCUT2D eigenvalue weighted by Gasteiger charge is 2.09. The Bertz CT molecular complexity index is 341. The van der Waals surface area contributed by atoms with Crippen molar-refractivity contribution in [2.45, 2.75) is 111 Å². The van der Waals surface area contributed by atoms with Gasteiger partial charge in [-0.15, -0.1) is 0 Å². The molecule has 0 aliphatic heterocycles. The number of rotatable bonds is 18. The van der Waals surface area contributed by atoms with Crippen LogP contribution in [0.1, 0.15) is 111 Å². The summed E-state index contributed by atoms with van der Waals surface area (Å²) in [4.78, 5) is 22.9. The standard InChI is InChI=1S/C22H42O4/c1-4-17-25-21(23)16-14-12-10-8-6-7-9-11-13-15-20(3)19-22(24)26-18-5-2/h20H,4-19H2,1-3H3. The molecular weight excluding hydrogens is 328 g/mol. The third-order valence-corrected chi connectivity index (χ3v) is 4.53. The van der Waals surface area contributed by atoms with Crippen LogP contribution in [0.4, 0.5) is 0 Å². The van der Waals surface area contributed by atoms with Crippen molar-refractivity contribution >= 4 is 11.9 Å². The van der Waals surface area contributed by atoms with Crippen molar-refractivity contribution in [3.05, 3.63) is 0 Å². The second-order valence-corrected chi connectivity index (χ2v) is 7.47. The molecule has 4 heteroatoms. The molecule has 0 aromatic rings. The quantitative estimate of drug-likeness (QED) is 0.212. The molecule has 0 aromatic heterocycles. The molecule has 1 atom stereocenters. The first-order valence-electron chi connectivity index (χ1n) is 10.9. The van der Waals surface area contributed by atoms with Crippen molar-refractivity contribution in [2.24, 2.45) is 5.92 Å². The third-order valence-electron chi connectivity index (χ3n) is 4.53. The average Bonchev–Trinajstić information content (AvgIpc) is 2.62. The third kappa shape index (κ3) is 17.8. The summed E-state index contributed by atoms with van der Waals surface area (Å²) in [5.74, 6) is 0.348. The van der Waals surface area contributed by atoms with Gasteiger partial charge >= 0.3 is 11.9 Å². The van der Waals surface area contributed by atoms with Gasteiger partial charge < -0.3 is 9.47 Å². The number of carbonyl (C=O) groups is 2. The van der Waals surface area contributed by atoms with E-state index in [1.165, 1.54) is 44.9 Å². The van der Waals surface area contributed by atoms with Gasteiger partial charge in [0.15, 0.2) is 0 Å². The van der Waals surface area contributed by atoms with Crippen molar-refractivity contribution in [2.75, 3.05) is 13.2 Å². The predicted molar refractivity (Wildman–Crippen MR) is 107 cm³/mol. The molecule has 0 radical (unpaired) electrons. The zero-order valence-electron chi connectivity index (χ0n) is 17.5. The first-order valence-corrected chi connectivity index (χ1v) is 10.9. The molecule has 0 spiro atoms. The van der Waals surface area contributed by atoms with Gasteiger partial charge in [-0.1, -0.05) is 78.6 Å². The molecule has 0 saturated carbocycles. The highest BCUT2D eigenvalue weighted by Crippen LogP contribution is 2.16. The maximum Gasteiger partial charge on any atom is 0.306 e. The summed E-state index contributed by atoms with van der Waals surface area (Å²) < 4.78 is 10.2. The number of carbonyl (C=O) groups excluding carboxylic acids is 2. The molecule has 0 aromatic carbocycles. The van der Waals surface area contributed by atoms with Crippen LogP contribution in [0.25, 0.3) is 0 Å². The Hall–Kier alpha value is -1.06.